The van der Waals surface area contributed by atoms with Crippen molar-refractivity contribution in [2.24, 2.45) is 0 Å². The molecule has 0 spiro atoms. The minimum atomic E-state index is 0.324. The van der Waals surface area contributed by atoms with Gasteiger partial charge in [0.25, 0.3) is 0 Å². The molecule has 16 heavy (non-hydrogen) atoms. The number of rotatable bonds is 1. The Morgan fingerprint density at radius 2 is 1.69 bits per heavy atom. The van der Waals surface area contributed by atoms with Gasteiger partial charge >= 0.3 is 105 Å². The Morgan fingerprint density at radius 3 is 2.44 bits per heavy atom. The normalized spacial score (nSPS) is 10.8. The molecule has 3 rings (SSSR count). The maximum atomic E-state index is 5.87. The second-order valence-electron chi connectivity index (χ2n) is 3.49. The van der Waals surface area contributed by atoms with Gasteiger partial charge in [0, 0.05) is 0 Å². The van der Waals surface area contributed by atoms with E-state index in [1.165, 1.54) is 14.4 Å². The second kappa shape index (κ2) is 4.06. The van der Waals surface area contributed by atoms with Gasteiger partial charge in [-0.05, 0) is 0 Å². The van der Waals surface area contributed by atoms with Crippen molar-refractivity contribution in [3.63, 3.8) is 0 Å². The Kier molecular flexibility index (Phi) is 2.56. The third-order valence-corrected chi connectivity index (χ3v) is 4.91. The summed E-state index contributed by atoms with van der Waals surface area (Å²) in [5.41, 5.74) is 2.30. The van der Waals surface area contributed by atoms with Gasteiger partial charge in [0.2, 0.25) is 0 Å². The van der Waals surface area contributed by atoms with E-state index < -0.39 is 0 Å². The molecule has 0 fully saturated rings. The zero-order chi connectivity index (χ0) is 11.0. The van der Waals surface area contributed by atoms with E-state index in [0.717, 1.165) is 10.5 Å². The fraction of sp³-hybridized carbons (Fsp3) is 0. The Balaban J connectivity index is 2.15. The first kappa shape index (κ1) is 10.1. The van der Waals surface area contributed by atoms with Crippen molar-refractivity contribution >= 4 is 35.9 Å². The van der Waals surface area contributed by atoms with Crippen molar-refractivity contribution in [1.82, 2.24) is 4.98 Å². The van der Waals surface area contributed by atoms with E-state index in [1.54, 1.807) is 0 Å². The summed E-state index contributed by atoms with van der Waals surface area (Å²) in [7, 11) is 0. The molecule has 3 heteroatoms. The summed E-state index contributed by atoms with van der Waals surface area (Å²) < 4.78 is 2.55. The zero-order valence-corrected chi connectivity index (χ0v) is 10.8. The Bertz CT molecular complexity index is 595. The second-order valence-corrected chi connectivity index (χ2v) is 6.09. The average Bonchev–Trinajstić information content (AvgIpc) is 2.73. The van der Waals surface area contributed by atoms with Crippen LogP contribution in [0.25, 0.3) is 19.9 Å². The van der Waals surface area contributed by atoms with E-state index in [2.05, 4.69) is 23.2 Å². The molecule has 1 heterocycles. The molecule has 3 aromatic rings. The maximum absolute atomic E-state index is 5.87. The summed E-state index contributed by atoms with van der Waals surface area (Å²) in [5, 5.41) is 0.771. The number of hydrogen-bond acceptors (Lipinski definition) is 1. The van der Waals surface area contributed by atoms with Crippen molar-refractivity contribution in [3.8, 4) is 10.1 Å². The van der Waals surface area contributed by atoms with E-state index in [4.69, 9.17) is 11.6 Å². The Morgan fingerprint density at radius 1 is 0.938 bits per heavy atom. The van der Waals surface area contributed by atoms with E-state index in [0.29, 0.717) is 14.5 Å². The molecule has 0 atom stereocenters. The van der Waals surface area contributed by atoms with Crippen molar-refractivity contribution in [2.45, 2.75) is 0 Å². The first-order valence-corrected chi connectivity index (χ1v) is 7.03. The van der Waals surface area contributed by atoms with Gasteiger partial charge in [-0.2, -0.15) is 0 Å². The van der Waals surface area contributed by atoms with Gasteiger partial charge < -0.3 is 0 Å². The Hall–Kier alpha value is -1.08. The number of fused-ring (bicyclic) bond motifs is 1. The van der Waals surface area contributed by atoms with Crippen LogP contribution in [0, 0.1) is 0 Å². The number of hydrogen-bond donors (Lipinski definition) is 0. The molecule has 0 N–H and O–H groups in total. The zero-order valence-electron chi connectivity index (χ0n) is 8.35. The fourth-order valence-corrected chi connectivity index (χ4v) is 3.75. The van der Waals surface area contributed by atoms with Crippen LogP contribution in [0.5, 0.6) is 0 Å². The van der Waals surface area contributed by atoms with Crippen molar-refractivity contribution < 1.29 is 0 Å². The molecular weight excluding hydrogens is 285 g/mol. The predicted octanol–water partition coefficient (Wildman–Crippen LogP) is 3.61. The molecule has 0 amide bonds. The molecule has 1 aromatic heterocycles. The van der Waals surface area contributed by atoms with Crippen LogP contribution >= 0.6 is 11.6 Å². The van der Waals surface area contributed by atoms with Crippen LogP contribution in [0.2, 0.25) is 5.02 Å². The molecule has 1 nitrogen and oxygen atoms in total. The fourth-order valence-electron chi connectivity index (χ4n) is 1.59. The molecule has 0 aliphatic carbocycles. The topological polar surface area (TPSA) is 12.9 Å². The monoisotopic (exact) mass is 293 g/mol. The Labute approximate surface area is 104 Å². The van der Waals surface area contributed by atoms with Gasteiger partial charge in [0.1, 0.15) is 0 Å². The van der Waals surface area contributed by atoms with Gasteiger partial charge in [0.05, 0.1) is 0 Å². The molecule has 0 aliphatic rings. The third-order valence-electron chi connectivity index (χ3n) is 2.39. The molecular formula is C13H8ClNSe. The average molecular weight is 293 g/mol. The molecule has 0 aliphatic heterocycles. The van der Waals surface area contributed by atoms with Crippen LogP contribution in [0.4, 0.5) is 0 Å². The predicted molar refractivity (Wildman–Crippen MR) is 69.1 cm³/mol. The van der Waals surface area contributed by atoms with E-state index in [9.17, 15) is 0 Å². The van der Waals surface area contributed by atoms with Crippen molar-refractivity contribution in [3.05, 3.63) is 53.6 Å². The first-order valence-electron chi connectivity index (χ1n) is 4.94. The molecule has 0 saturated heterocycles. The van der Waals surface area contributed by atoms with Gasteiger partial charge in [0.15, 0.2) is 0 Å². The minimum absolute atomic E-state index is 0.324. The molecule has 0 unspecified atom stereocenters. The van der Waals surface area contributed by atoms with Crippen molar-refractivity contribution in [1.29, 1.82) is 0 Å². The number of para-hydroxylation sites is 1. The van der Waals surface area contributed by atoms with Crippen LogP contribution in [0.1, 0.15) is 0 Å². The summed E-state index contributed by atoms with van der Waals surface area (Å²) >= 11 is 6.20. The van der Waals surface area contributed by atoms with E-state index in [-0.39, 0.29) is 0 Å². The summed E-state index contributed by atoms with van der Waals surface area (Å²) in [5.74, 6) is 0. The molecule has 0 saturated carbocycles. The molecule has 0 radical (unpaired) electrons. The van der Waals surface area contributed by atoms with Gasteiger partial charge in [-0.15, -0.1) is 0 Å². The van der Waals surface area contributed by atoms with E-state index >= 15 is 0 Å². The van der Waals surface area contributed by atoms with E-state index in [1.807, 2.05) is 30.3 Å². The number of halogens is 1. The van der Waals surface area contributed by atoms with Crippen LogP contribution in [0.3, 0.4) is 0 Å². The number of nitrogens with zero attached hydrogens (tertiary/aromatic N) is 1. The van der Waals surface area contributed by atoms with Crippen LogP contribution in [0.15, 0.2) is 48.5 Å². The van der Waals surface area contributed by atoms with Crippen LogP contribution < -0.4 is 0 Å². The SMILES string of the molecule is Clc1ccc(-c2nc3ccccc3[se]2)cc1. The molecule has 78 valence electrons. The summed E-state index contributed by atoms with van der Waals surface area (Å²) in [6.07, 6.45) is 0. The summed E-state index contributed by atoms with van der Waals surface area (Å²) in [4.78, 5) is 4.65. The summed E-state index contributed by atoms with van der Waals surface area (Å²) in [6.45, 7) is 0. The van der Waals surface area contributed by atoms with Crippen LogP contribution in [-0.4, -0.2) is 19.5 Å². The van der Waals surface area contributed by atoms with Gasteiger partial charge in [-0.1, -0.05) is 0 Å². The first-order chi connectivity index (χ1) is 7.83. The molecule has 2 aromatic carbocycles. The molecule has 0 bridgehead atoms. The van der Waals surface area contributed by atoms with Crippen molar-refractivity contribution in [2.75, 3.05) is 0 Å². The third kappa shape index (κ3) is 1.80. The quantitative estimate of drug-likeness (QED) is 0.624. The number of aromatic nitrogens is 1. The van der Waals surface area contributed by atoms with Gasteiger partial charge in [-0.25, -0.2) is 0 Å². The van der Waals surface area contributed by atoms with Crippen LogP contribution in [-0.2, 0) is 0 Å². The summed E-state index contributed by atoms with van der Waals surface area (Å²) in [6, 6.07) is 16.2. The standard InChI is InChI=1S/C13H8ClNSe/c14-10-7-5-9(6-8-10)13-15-11-3-1-2-4-12(11)16-13/h1-8H. The van der Waals surface area contributed by atoms with Gasteiger partial charge in [-0.3, -0.25) is 0 Å². The number of benzene rings is 2.